The molecule has 10 heteroatoms. The molecule has 7 nitrogen and oxygen atoms in total. The third-order valence-electron chi connectivity index (χ3n) is 5.66. The highest BCUT2D eigenvalue weighted by Crippen LogP contribution is 2.32. The summed E-state index contributed by atoms with van der Waals surface area (Å²) in [6.45, 7) is 1.95. The molecule has 0 bridgehead atoms. The number of benzene rings is 2. The van der Waals surface area contributed by atoms with Crippen molar-refractivity contribution in [2.45, 2.75) is 12.8 Å². The molecule has 0 atom stereocenters. The monoisotopic (exact) mass is 456 g/mol. The van der Waals surface area contributed by atoms with Crippen LogP contribution in [0.4, 0.5) is 19.6 Å². The molecule has 2 aliphatic heterocycles. The van der Waals surface area contributed by atoms with E-state index in [0.29, 0.717) is 47.3 Å². The van der Waals surface area contributed by atoms with Crippen LogP contribution in [0.3, 0.4) is 0 Å². The van der Waals surface area contributed by atoms with Crippen molar-refractivity contribution in [3.63, 3.8) is 0 Å². The maximum atomic E-state index is 13.9. The summed E-state index contributed by atoms with van der Waals surface area (Å²) >= 11 is 1.22. The summed E-state index contributed by atoms with van der Waals surface area (Å²) in [5.41, 5.74) is 1.09. The zero-order valence-electron chi connectivity index (χ0n) is 16.9. The summed E-state index contributed by atoms with van der Waals surface area (Å²) < 4.78 is 27.8. The highest BCUT2D eigenvalue weighted by molar-refractivity contribution is 7.22. The van der Waals surface area contributed by atoms with Crippen LogP contribution in [0.25, 0.3) is 10.2 Å². The lowest BCUT2D eigenvalue weighted by Gasteiger charge is -2.34. The molecule has 0 spiro atoms. The van der Waals surface area contributed by atoms with Crippen LogP contribution in [0.1, 0.15) is 23.2 Å². The Morgan fingerprint density at radius 3 is 2.25 bits per heavy atom. The van der Waals surface area contributed by atoms with Crippen LogP contribution >= 0.6 is 11.3 Å². The van der Waals surface area contributed by atoms with Gasteiger partial charge in [-0.25, -0.2) is 13.8 Å². The molecule has 5 rings (SSSR count). The number of carbonyl (C=O) groups excluding carboxylic acids is 3. The van der Waals surface area contributed by atoms with Gasteiger partial charge >= 0.3 is 0 Å². The van der Waals surface area contributed by atoms with E-state index in [1.807, 2.05) is 4.90 Å². The van der Waals surface area contributed by atoms with Gasteiger partial charge in [-0.1, -0.05) is 11.3 Å². The van der Waals surface area contributed by atoms with Gasteiger partial charge in [0.05, 0.1) is 10.4 Å². The van der Waals surface area contributed by atoms with Gasteiger partial charge in [-0.3, -0.25) is 19.3 Å². The Morgan fingerprint density at radius 1 is 0.938 bits per heavy atom. The smallest absolute Gasteiger partial charge is 0.253 e. The molecule has 3 aromatic rings. The number of halogens is 2. The van der Waals surface area contributed by atoms with Crippen molar-refractivity contribution >= 4 is 50.1 Å². The number of hydrogen-bond acceptors (Lipinski definition) is 6. The van der Waals surface area contributed by atoms with Crippen LogP contribution in [0.15, 0.2) is 36.4 Å². The minimum absolute atomic E-state index is 0.146. The zero-order chi connectivity index (χ0) is 22.4. The summed E-state index contributed by atoms with van der Waals surface area (Å²) in [6, 6.07) is 8.55. The SMILES string of the molecule is O=C(c1ccc(N2C(=O)CCC2=O)cc1)N1CCN(c2nc3c(F)cc(F)cc3s2)CC1. The minimum Gasteiger partial charge on any atom is -0.345 e. The van der Waals surface area contributed by atoms with E-state index in [4.69, 9.17) is 0 Å². The molecule has 0 saturated carbocycles. The Labute approximate surface area is 185 Å². The van der Waals surface area contributed by atoms with Crippen molar-refractivity contribution in [3.8, 4) is 0 Å². The van der Waals surface area contributed by atoms with Crippen LogP contribution in [-0.2, 0) is 9.59 Å². The predicted molar refractivity (Wildman–Crippen MR) is 116 cm³/mol. The van der Waals surface area contributed by atoms with E-state index in [9.17, 15) is 23.2 Å². The first-order valence-electron chi connectivity index (χ1n) is 10.2. The van der Waals surface area contributed by atoms with Gasteiger partial charge < -0.3 is 9.80 Å². The summed E-state index contributed by atoms with van der Waals surface area (Å²) in [7, 11) is 0. The maximum Gasteiger partial charge on any atom is 0.253 e. The lowest BCUT2D eigenvalue weighted by Crippen LogP contribution is -2.48. The van der Waals surface area contributed by atoms with Gasteiger partial charge in [-0.2, -0.15) is 0 Å². The standard InChI is InChI=1S/C22H18F2N4O3S/c23-14-11-16(24)20-17(12-14)32-22(25-20)27-9-7-26(8-10-27)21(31)13-1-3-15(4-2-13)28-18(29)5-6-19(28)30/h1-4,11-12H,5-10H2. The number of anilines is 2. The molecule has 164 valence electrons. The van der Waals surface area contributed by atoms with Crippen LogP contribution in [0.2, 0.25) is 0 Å². The largest absolute Gasteiger partial charge is 0.345 e. The van der Waals surface area contributed by atoms with Gasteiger partial charge in [0.2, 0.25) is 11.8 Å². The third kappa shape index (κ3) is 3.60. The normalized spacial score (nSPS) is 17.0. The second-order valence-electron chi connectivity index (χ2n) is 7.68. The van der Waals surface area contributed by atoms with Crippen molar-refractivity contribution in [1.82, 2.24) is 9.88 Å². The van der Waals surface area contributed by atoms with E-state index in [1.54, 1.807) is 29.2 Å². The van der Waals surface area contributed by atoms with E-state index in [2.05, 4.69) is 4.98 Å². The fraction of sp³-hybridized carbons (Fsp3) is 0.273. The Morgan fingerprint density at radius 2 is 1.59 bits per heavy atom. The van der Waals surface area contributed by atoms with Crippen LogP contribution in [0, 0.1) is 11.6 Å². The molecule has 0 unspecified atom stereocenters. The molecule has 1 aromatic heterocycles. The summed E-state index contributed by atoms with van der Waals surface area (Å²) in [4.78, 5) is 45.8. The molecule has 0 N–H and O–H groups in total. The Hall–Kier alpha value is -3.40. The molecule has 2 aromatic carbocycles. The average molecular weight is 456 g/mol. The van der Waals surface area contributed by atoms with E-state index in [-0.39, 0.29) is 36.1 Å². The zero-order valence-corrected chi connectivity index (χ0v) is 17.7. The number of hydrogen-bond donors (Lipinski definition) is 0. The van der Waals surface area contributed by atoms with Crippen LogP contribution in [-0.4, -0.2) is 53.8 Å². The van der Waals surface area contributed by atoms with E-state index < -0.39 is 11.6 Å². The lowest BCUT2D eigenvalue weighted by molar-refractivity contribution is -0.121. The predicted octanol–water partition coefficient (Wildman–Crippen LogP) is 3.19. The number of fused-ring (bicyclic) bond motifs is 1. The number of amides is 3. The Bertz CT molecular complexity index is 1220. The third-order valence-corrected chi connectivity index (χ3v) is 6.73. The van der Waals surface area contributed by atoms with Crippen LogP contribution < -0.4 is 9.80 Å². The van der Waals surface area contributed by atoms with E-state index in [1.165, 1.54) is 17.4 Å². The number of aromatic nitrogens is 1. The molecule has 2 fully saturated rings. The minimum atomic E-state index is -0.683. The molecule has 3 amide bonds. The quantitative estimate of drug-likeness (QED) is 0.566. The second-order valence-corrected chi connectivity index (χ2v) is 8.69. The van der Waals surface area contributed by atoms with Crippen molar-refractivity contribution < 1.29 is 23.2 Å². The molecule has 3 heterocycles. The molecule has 0 aliphatic carbocycles. The van der Waals surface area contributed by atoms with Crippen LogP contribution in [0.5, 0.6) is 0 Å². The first-order valence-corrected chi connectivity index (χ1v) is 11.0. The topological polar surface area (TPSA) is 73.8 Å². The Balaban J connectivity index is 1.25. The summed E-state index contributed by atoms with van der Waals surface area (Å²) in [5, 5.41) is 0.598. The van der Waals surface area contributed by atoms with Crippen molar-refractivity contribution in [2.75, 3.05) is 36.0 Å². The van der Waals surface area contributed by atoms with Crippen molar-refractivity contribution in [3.05, 3.63) is 53.6 Å². The molecule has 2 aliphatic rings. The fourth-order valence-electron chi connectivity index (χ4n) is 3.98. The van der Waals surface area contributed by atoms with Crippen molar-refractivity contribution in [2.24, 2.45) is 0 Å². The number of rotatable bonds is 3. The fourth-order valence-corrected chi connectivity index (χ4v) is 5.04. The van der Waals surface area contributed by atoms with Gasteiger partial charge in [-0.05, 0) is 30.3 Å². The average Bonchev–Trinajstić information content (AvgIpc) is 3.36. The first kappa shape index (κ1) is 20.5. The maximum absolute atomic E-state index is 13.9. The van der Waals surface area contributed by atoms with Gasteiger partial charge in [0.25, 0.3) is 5.91 Å². The molecular weight excluding hydrogens is 438 g/mol. The highest BCUT2D eigenvalue weighted by Gasteiger charge is 2.30. The number of piperazine rings is 1. The van der Waals surface area contributed by atoms with Gasteiger partial charge in [0.1, 0.15) is 11.3 Å². The van der Waals surface area contributed by atoms with Gasteiger partial charge in [0, 0.05) is 50.7 Å². The van der Waals surface area contributed by atoms with E-state index in [0.717, 1.165) is 11.0 Å². The molecule has 2 saturated heterocycles. The summed E-state index contributed by atoms with van der Waals surface area (Å²) in [5.74, 6) is -1.93. The molecule has 0 radical (unpaired) electrons. The Kier molecular flexibility index (Phi) is 5.09. The van der Waals surface area contributed by atoms with Crippen molar-refractivity contribution in [1.29, 1.82) is 0 Å². The number of thiazole rings is 1. The molecular formula is C22H18F2N4O3S. The number of imide groups is 1. The molecule has 32 heavy (non-hydrogen) atoms. The van der Waals surface area contributed by atoms with Gasteiger partial charge in [-0.15, -0.1) is 0 Å². The first-order chi connectivity index (χ1) is 15.4. The highest BCUT2D eigenvalue weighted by atomic mass is 32.1. The number of carbonyl (C=O) groups is 3. The lowest BCUT2D eigenvalue weighted by atomic mass is 10.1. The second kappa shape index (κ2) is 7.94. The van der Waals surface area contributed by atoms with E-state index >= 15 is 0 Å². The number of nitrogens with zero attached hydrogens (tertiary/aromatic N) is 4. The van der Waals surface area contributed by atoms with Gasteiger partial charge in [0.15, 0.2) is 10.9 Å². The summed E-state index contributed by atoms with van der Waals surface area (Å²) in [6.07, 6.45) is 0.417.